The Kier molecular flexibility index (Phi) is 8.11. The van der Waals surface area contributed by atoms with Crippen LogP contribution in [0.25, 0.3) is 0 Å². The van der Waals surface area contributed by atoms with E-state index in [2.05, 4.69) is 24.5 Å². The minimum absolute atomic E-state index is 0.00281. The number of amides is 1. The minimum atomic E-state index is -0.955. The van der Waals surface area contributed by atoms with E-state index in [-0.39, 0.29) is 30.5 Å². The van der Waals surface area contributed by atoms with Gasteiger partial charge in [0, 0.05) is 17.5 Å². The number of anilines is 1. The number of hydrogen-bond donors (Lipinski definition) is 2. The number of carbonyl (C=O) groups excluding carboxylic acids is 4. The molecule has 1 aliphatic heterocycles. The van der Waals surface area contributed by atoms with Crippen molar-refractivity contribution in [3.05, 3.63) is 65.2 Å². The van der Waals surface area contributed by atoms with Crippen LogP contribution in [0.15, 0.2) is 48.5 Å². The minimum Gasteiger partial charge on any atom is -0.460 e. The first-order valence-corrected chi connectivity index (χ1v) is 11.2. The highest BCUT2D eigenvalue weighted by Crippen LogP contribution is 2.22. The van der Waals surface area contributed by atoms with Crippen molar-refractivity contribution in [3.8, 4) is 0 Å². The van der Waals surface area contributed by atoms with Crippen LogP contribution in [0, 0.1) is 5.92 Å². The Morgan fingerprint density at radius 2 is 1.76 bits per heavy atom. The lowest BCUT2D eigenvalue weighted by atomic mass is 10.0. The van der Waals surface area contributed by atoms with Gasteiger partial charge in [-0.25, -0.2) is 0 Å². The quantitative estimate of drug-likeness (QED) is 0.490. The second-order valence-electron chi connectivity index (χ2n) is 8.77. The molecular weight excluding hydrogens is 420 g/mol. The molecule has 33 heavy (non-hydrogen) atoms. The normalized spacial score (nSPS) is 18.5. The molecule has 2 atom stereocenters. The van der Waals surface area contributed by atoms with E-state index in [1.807, 2.05) is 0 Å². The van der Waals surface area contributed by atoms with Gasteiger partial charge in [-0.15, -0.1) is 0 Å². The zero-order chi connectivity index (χ0) is 24.0. The van der Waals surface area contributed by atoms with Gasteiger partial charge in [-0.3, -0.25) is 24.5 Å². The monoisotopic (exact) mass is 450 g/mol. The molecule has 0 aliphatic carbocycles. The van der Waals surface area contributed by atoms with Crippen LogP contribution in [0.5, 0.6) is 0 Å². The van der Waals surface area contributed by atoms with Gasteiger partial charge < -0.3 is 10.1 Å². The van der Waals surface area contributed by atoms with Crippen molar-refractivity contribution in [2.24, 2.45) is 5.92 Å². The number of ketones is 2. The summed E-state index contributed by atoms with van der Waals surface area (Å²) in [7, 11) is 0. The number of esters is 1. The van der Waals surface area contributed by atoms with Gasteiger partial charge in [0.1, 0.15) is 12.6 Å². The number of ether oxygens (including phenoxy) is 1. The molecule has 0 saturated heterocycles. The summed E-state index contributed by atoms with van der Waals surface area (Å²) in [6, 6.07) is 12.0. The number of fused-ring (bicyclic) bond motifs is 1. The largest absolute Gasteiger partial charge is 0.460 e. The maximum atomic E-state index is 13.0. The van der Waals surface area contributed by atoms with Crippen molar-refractivity contribution in [3.63, 3.8) is 0 Å². The molecule has 0 fully saturated rings. The summed E-state index contributed by atoms with van der Waals surface area (Å²) < 4.78 is 5.48. The van der Waals surface area contributed by atoms with Gasteiger partial charge in [-0.1, -0.05) is 50.2 Å². The highest BCUT2D eigenvalue weighted by molar-refractivity contribution is 6.07. The number of para-hydroxylation sites is 1. The molecule has 1 heterocycles. The molecule has 0 unspecified atom stereocenters. The summed E-state index contributed by atoms with van der Waals surface area (Å²) in [5.74, 6) is -0.797. The van der Waals surface area contributed by atoms with E-state index in [1.54, 1.807) is 48.5 Å². The molecular formula is C26H30N2O5. The van der Waals surface area contributed by atoms with E-state index in [4.69, 9.17) is 4.74 Å². The molecule has 2 aromatic carbocycles. The Labute approximate surface area is 193 Å². The van der Waals surface area contributed by atoms with Crippen LogP contribution in [0.3, 0.4) is 0 Å². The van der Waals surface area contributed by atoms with Gasteiger partial charge in [0.15, 0.2) is 11.6 Å². The van der Waals surface area contributed by atoms with Crippen LogP contribution in [-0.4, -0.2) is 35.5 Å². The summed E-state index contributed by atoms with van der Waals surface area (Å²) >= 11 is 0. The topological polar surface area (TPSA) is 102 Å². The maximum Gasteiger partial charge on any atom is 0.323 e. The van der Waals surface area contributed by atoms with Gasteiger partial charge in [-0.2, -0.15) is 0 Å². The lowest BCUT2D eigenvalue weighted by molar-refractivity contribution is -0.147. The van der Waals surface area contributed by atoms with E-state index in [0.717, 1.165) is 12.0 Å². The molecule has 7 nitrogen and oxygen atoms in total. The smallest absolute Gasteiger partial charge is 0.323 e. The highest BCUT2D eigenvalue weighted by atomic mass is 16.5. The third-order valence-electron chi connectivity index (χ3n) is 5.65. The highest BCUT2D eigenvalue weighted by Gasteiger charge is 2.32. The third kappa shape index (κ3) is 6.58. The standard InChI is InChI=1S/C26H30N2O5/c1-16(2)8-13-22-25(31)28-21-7-5-4-6-20(21)24(30)14-23(27-22)26(32)33-15-18-9-11-19(12-10-18)17(3)29/h4-7,9-12,16,22-23,27H,8,13-15H2,1-3H3,(H,28,31)/t22-,23+/m1/s1. The zero-order valence-corrected chi connectivity index (χ0v) is 19.2. The van der Waals surface area contributed by atoms with E-state index >= 15 is 0 Å². The summed E-state index contributed by atoms with van der Waals surface area (Å²) in [5.41, 5.74) is 2.12. The fourth-order valence-electron chi connectivity index (χ4n) is 3.68. The number of rotatable bonds is 7. The summed E-state index contributed by atoms with van der Waals surface area (Å²) in [5, 5.41) is 5.91. The van der Waals surface area contributed by atoms with Crippen molar-refractivity contribution in [2.75, 3.05) is 5.32 Å². The van der Waals surface area contributed by atoms with Crippen LogP contribution in [0.2, 0.25) is 0 Å². The third-order valence-corrected chi connectivity index (χ3v) is 5.65. The Hall–Kier alpha value is -3.32. The zero-order valence-electron chi connectivity index (χ0n) is 19.2. The van der Waals surface area contributed by atoms with E-state index in [0.29, 0.717) is 29.2 Å². The lowest BCUT2D eigenvalue weighted by Crippen LogP contribution is -2.49. The number of hydrogen-bond acceptors (Lipinski definition) is 6. The van der Waals surface area contributed by atoms with Gasteiger partial charge >= 0.3 is 5.97 Å². The van der Waals surface area contributed by atoms with Crippen molar-refractivity contribution >= 4 is 29.1 Å². The Balaban J connectivity index is 1.78. The molecule has 2 N–H and O–H groups in total. The summed E-state index contributed by atoms with van der Waals surface area (Å²) in [4.78, 5) is 50.3. The molecule has 0 saturated carbocycles. The van der Waals surface area contributed by atoms with Gasteiger partial charge in [0.25, 0.3) is 0 Å². The Bertz CT molecular complexity index is 1030. The average Bonchev–Trinajstić information content (AvgIpc) is 2.84. The average molecular weight is 451 g/mol. The molecule has 1 amide bonds. The summed E-state index contributed by atoms with van der Waals surface area (Å²) in [6.45, 7) is 5.62. The van der Waals surface area contributed by atoms with Gasteiger partial charge in [0.05, 0.1) is 11.7 Å². The van der Waals surface area contributed by atoms with Crippen LogP contribution < -0.4 is 10.6 Å². The predicted molar refractivity (Wildman–Crippen MR) is 125 cm³/mol. The molecule has 1 aliphatic rings. The molecule has 0 spiro atoms. The molecule has 7 heteroatoms. The van der Waals surface area contributed by atoms with E-state index in [9.17, 15) is 19.2 Å². The van der Waals surface area contributed by atoms with Crippen LogP contribution >= 0.6 is 0 Å². The molecule has 174 valence electrons. The van der Waals surface area contributed by atoms with Gasteiger partial charge in [-0.05, 0) is 43.4 Å². The van der Waals surface area contributed by atoms with Crippen molar-refractivity contribution in [1.82, 2.24) is 5.32 Å². The maximum absolute atomic E-state index is 13.0. The molecule has 0 radical (unpaired) electrons. The number of benzene rings is 2. The predicted octanol–water partition coefficient (Wildman–Crippen LogP) is 3.92. The SMILES string of the molecule is CC(=O)c1ccc(COC(=O)[C@@H]2CC(=O)c3ccccc3NC(=O)[C@@H](CCC(C)C)N2)cc1. The van der Waals surface area contributed by atoms with Crippen LogP contribution in [-0.2, 0) is 20.9 Å². The van der Waals surface area contributed by atoms with Crippen LogP contribution in [0.1, 0.15) is 66.3 Å². The van der Waals surface area contributed by atoms with Gasteiger partial charge in [0.2, 0.25) is 5.91 Å². The van der Waals surface area contributed by atoms with Crippen molar-refractivity contribution in [1.29, 1.82) is 0 Å². The second-order valence-corrected chi connectivity index (χ2v) is 8.77. The number of Topliss-reactive ketones (excluding diaryl/α,β-unsaturated/α-hetero) is 2. The van der Waals surface area contributed by atoms with Crippen molar-refractivity contribution in [2.45, 2.75) is 58.7 Å². The molecule has 0 aromatic heterocycles. The lowest BCUT2D eigenvalue weighted by Gasteiger charge is -2.23. The molecule has 0 bridgehead atoms. The molecule has 2 aromatic rings. The first-order chi connectivity index (χ1) is 15.7. The summed E-state index contributed by atoms with van der Waals surface area (Å²) in [6.07, 6.45) is 1.19. The first-order valence-electron chi connectivity index (χ1n) is 11.2. The Morgan fingerprint density at radius 1 is 1.06 bits per heavy atom. The van der Waals surface area contributed by atoms with Crippen molar-refractivity contribution < 1.29 is 23.9 Å². The molecule has 3 rings (SSSR count). The first kappa shape index (κ1) is 24.3. The Morgan fingerprint density at radius 3 is 2.42 bits per heavy atom. The second kappa shape index (κ2) is 11.0. The number of nitrogens with one attached hydrogen (secondary N) is 2. The fourth-order valence-corrected chi connectivity index (χ4v) is 3.68. The number of carbonyl (C=O) groups is 4. The fraction of sp³-hybridized carbons (Fsp3) is 0.385. The van der Waals surface area contributed by atoms with E-state index in [1.165, 1.54) is 6.92 Å². The van der Waals surface area contributed by atoms with Crippen LogP contribution in [0.4, 0.5) is 5.69 Å². The van der Waals surface area contributed by atoms with E-state index < -0.39 is 18.1 Å².